The van der Waals surface area contributed by atoms with Gasteiger partial charge in [-0.2, -0.15) is 0 Å². The molecule has 222 valence electrons. The first-order valence-electron chi connectivity index (χ1n) is 11.3. The second-order valence-electron chi connectivity index (χ2n) is 8.70. The predicted molar refractivity (Wildman–Crippen MR) is 118 cm³/mol. The minimum atomic E-state index is -2.04. The van der Waals surface area contributed by atoms with Crippen LogP contribution in [0.2, 0.25) is 11.6 Å². The number of ether oxygens (including phenoxy) is 3. The van der Waals surface area contributed by atoms with Crippen molar-refractivity contribution in [2.75, 3.05) is 19.8 Å². The first-order valence-corrected chi connectivity index (χ1v) is 11.3. The van der Waals surface area contributed by atoms with Crippen molar-refractivity contribution in [1.82, 2.24) is 0 Å². The lowest BCUT2D eigenvalue weighted by atomic mass is 9.66. The summed E-state index contributed by atoms with van der Waals surface area (Å²) in [6.45, 7) is -1.63. The Morgan fingerprint density at radius 2 is 0.921 bits per heavy atom. The van der Waals surface area contributed by atoms with Crippen LogP contribution in [-0.2, 0) is 14.2 Å². The number of halogens is 1. The summed E-state index contributed by atoms with van der Waals surface area (Å²) in [6.07, 6.45) is -18.8. The number of hydrogen-bond donors (Lipinski definition) is 14. The molecular formula is C18H35B2FO17. The first kappa shape index (κ1) is 35.4. The maximum Gasteiger partial charge on any atom is 0.462 e. The highest BCUT2D eigenvalue weighted by Gasteiger charge is 2.49. The standard InChI is InChI=1S/C6H13BO7.C6H11BO5.C6H11FO5/c8-1-2-4(9)5(10)3(7(12)13)6(11)14-2;2*7-3-5(10)4(9)2(1-8)12-6(3)11/h2-6,8-13H,1H2;2*2-6,8-11H,1H2/t3*2?,3?,4-,5-,6+/m111/s1. The van der Waals surface area contributed by atoms with E-state index in [9.17, 15) is 29.9 Å². The maximum atomic E-state index is 12.7. The molecule has 38 heavy (non-hydrogen) atoms. The third-order valence-corrected chi connectivity index (χ3v) is 6.07. The molecule has 0 saturated carbocycles. The van der Waals surface area contributed by atoms with Crippen LogP contribution in [0.1, 0.15) is 0 Å². The highest BCUT2D eigenvalue weighted by Crippen LogP contribution is 2.30. The van der Waals surface area contributed by atoms with Crippen molar-refractivity contribution < 1.29 is 89.9 Å². The van der Waals surface area contributed by atoms with Crippen LogP contribution in [-0.4, -0.2) is 186 Å². The normalized spacial score (nSPS) is 47.2. The Bertz CT molecular complexity index is 629. The lowest BCUT2D eigenvalue weighted by molar-refractivity contribution is -0.271. The molecule has 14 N–H and O–H groups in total. The number of aliphatic hydroxyl groups excluding tert-OH is 12. The van der Waals surface area contributed by atoms with Crippen LogP contribution in [0.25, 0.3) is 0 Å². The van der Waals surface area contributed by atoms with Gasteiger partial charge in [-0.25, -0.2) is 4.39 Å². The number of hydrogen-bond acceptors (Lipinski definition) is 17. The lowest BCUT2D eigenvalue weighted by Gasteiger charge is -2.39. The Morgan fingerprint density at radius 1 is 0.553 bits per heavy atom. The van der Waals surface area contributed by atoms with Gasteiger partial charge in [0.15, 0.2) is 25.0 Å². The van der Waals surface area contributed by atoms with Gasteiger partial charge in [0.25, 0.3) is 0 Å². The van der Waals surface area contributed by atoms with Gasteiger partial charge in [-0.15, -0.1) is 0 Å². The molecule has 3 saturated heterocycles. The molecule has 0 aromatic carbocycles. The molecule has 0 aromatic rings. The molecule has 15 atom stereocenters. The lowest BCUT2D eigenvalue weighted by Crippen LogP contribution is -2.56. The van der Waals surface area contributed by atoms with Crippen LogP contribution >= 0.6 is 0 Å². The molecule has 20 heteroatoms. The summed E-state index contributed by atoms with van der Waals surface area (Å²) in [7, 11) is 3.26. The molecule has 0 amide bonds. The zero-order valence-corrected chi connectivity index (χ0v) is 19.8. The van der Waals surface area contributed by atoms with Crippen molar-refractivity contribution in [1.29, 1.82) is 0 Å². The Balaban J connectivity index is 0.000000286. The summed E-state index contributed by atoms with van der Waals surface area (Å²) in [5.41, 5.74) is 0. The SMILES string of the molecule is OCC1O[C@H](O)C(B(O)O)[C@@H](O)[C@@H]1O.OCC1O[C@H](O)C(F)[C@@H](O)[C@@H]1O.[B]C1[C@@H](O)[C@H](O)C(CO)O[C@@H]1O. The zero-order valence-electron chi connectivity index (χ0n) is 19.8. The second kappa shape index (κ2) is 16.0. The van der Waals surface area contributed by atoms with Gasteiger partial charge < -0.3 is 85.5 Å². The maximum absolute atomic E-state index is 12.7. The van der Waals surface area contributed by atoms with Crippen LogP contribution in [0.3, 0.4) is 0 Å². The largest absolute Gasteiger partial charge is 0.462 e. The number of rotatable bonds is 4. The molecule has 0 aliphatic carbocycles. The van der Waals surface area contributed by atoms with Crippen molar-refractivity contribution in [2.24, 2.45) is 0 Å². The van der Waals surface area contributed by atoms with E-state index in [4.69, 9.17) is 58.4 Å². The van der Waals surface area contributed by atoms with Gasteiger partial charge in [0, 0.05) is 5.82 Å². The molecule has 3 aliphatic heterocycles. The molecule has 3 rings (SSSR count). The Labute approximate surface area is 217 Å². The average Bonchev–Trinajstić information content (AvgIpc) is 2.88. The van der Waals surface area contributed by atoms with Crippen LogP contribution in [0.15, 0.2) is 0 Å². The van der Waals surface area contributed by atoms with E-state index in [0.29, 0.717) is 0 Å². The van der Waals surface area contributed by atoms with E-state index < -0.39 is 119 Å². The van der Waals surface area contributed by atoms with Crippen LogP contribution in [0.4, 0.5) is 4.39 Å². The third-order valence-electron chi connectivity index (χ3n) is 6.07. The van der Waals surface area contributed by atoms with Crippen molar-refractivity contribution >= 4 is 15.0 Å². The highest BCUT2D eigenvalue weighted by molar-refractivity contribution is 6.43. The fraction of sp³-hybridized carbons (Fsp3) is 1.00. The quantitative estimate of drug-likeness (QED) is 0.141. The van der Waals surface area contributed by atoms with Gasteiger partial charge in [-0.1, -0.05) is 0 Å². The second-order valence-corrected chi connectivity index (χ2v) is 8.70. The van der Waals surface area contributed by atoms with Gasteiger partial charge in [-0.05, 0) is 0 Å². The van der Waals surface area contributed by atoms with E-state index in [2.05, 4.69) is 9.47 Å². The van der Waals surface area contributed by atoms with Gasteiger partial charge >= 0.3 is 7.12 Å². The Hall–Kier alpha value is -0.620. The molecule has 2 radical (unpaired) electrons. The fourth-order valence-electron chi connectivity index (χ4n) is 3.62. The number of alkyl halides is 1. The molecule has 3 heterocycles. The van der Waals surface area contributed by atoms with E-state index in [-0.39, 0.29) is 0 Å². The summed E-state index contributed by atoms with van der Waals surface area (Å²) in [5, 5.41) is 126. The number of aliphatic hydroxyl groups is 12. The van der Waals surface area contributed by atoms with Crippen LogP contribution < -0.4 is 0 Å². The Morgan fingerprint density at radius 3 is 1.34 bits per heavy atom. The molecular weight excluding hydrogens is 529 g/mol. The van der Waals surface area contributed by atoms with Gasteiger partial charge in [0.05, 0.1) is 45.7 Å². The first-order chi connectivity index (χ1) is 17.6. The minimum absolute atomic E-state index is 0.470. The van der Waals surface area contributed by atoms with Crippen molar-refractivity contribution in [2.45, 2.75) is 91.6 Å². The molecule has 6 unspecified atom stereocenters. The summed E-state index contributed by atoms with van der Waals surface area (Å²) >= 11 is 0. The average molecular weight is 564 g/mol. The van der Waals surface area contributed by atoms with Crippen molar-refractivity contribution in [3.8, 4) is 0 Å². The van der Waals surface area contributed by atoms with Crippen LogP contribution in [0.5, 0.6) is 0 Å². The van der Waals surface area contributed by atoms with E-state index in [1.54, 1.807) is 0 Å². The topological polar surface area (TPSA) is 311 Å². The van der Waals surface area contributed by atoms with E-state index in [1.165, 1.54) is 0 Å². The zero-order chi connectivity index (χ0) is 29.5. The summed E-state index contributed by atoms with van der Waals surface area (Å²) in [6, 6.07) is 0. The van der Waals surface area contributed by atoms with Gasteiger partial charge in [0.2, 0.25) is 0 Å². The molecule has 3 fully saturated rings. The fourth-order valence-corrected chi connectivity index (χ4v) is 3.62. The molecule has 3 aliphatic rings. The smallest absolute Gasteiger partial charge is 0.427 e. The molecule has 0 spiro atoms. The summed E-state index contributed by atoms with van der Waals surface area (Å²) in [4.78, 5) is 0. The third kappa shape index (κ3) is 8.69. The summed E-state index contributed by atoms with van der Waals surface area (Å²) < 4.78 is 26.5. The highest BCUT2D eigenvalue weighted by atomic mass is 19.1. The van der Waals surface area contributed by atoms with Crippen molar-refractivity contribution in [3.05, 3.63) is 0 Å². The molecule has 0 bridgehead atoms. The summed E-state index contributed by atoms with van der Waals surface area (Å²) in [5.74, 6) is -2.45. The molecule has 17 nitrogen and oxygen atoms in total. The molecule has 0 aromatic heterocycles. The van der Waals surface area contributed by atoms with E-state index >= 15 is 0 Å². The monoisotopic (exact) mass is 564 g/mol. The predicted octanol–water partition coefficient (Wildman–Crippen LogP) is -8.61. The van der Waals surface area contributed by atoms with Gasteiger partial charge in [-0.3, -0.25) is 0 Å². The van der Waals surface area contributed by atoms with Gasteiger partial charge in [0.1, 0.15) is 42.7 Å². The minimum Gasteiger partial charge on any atom is -0.427 e. The van der Waals surface area contributed by atoms with E-state index in [1.807, 2.05) is 0 Å². The van der Waals surface area contributed by atoms with Crippen molar-refractivity contribution in [3.63, 3.8) is 0 Å². The van der Waals surface area contributed by atoms with E-state index in [0.717, 1.165) is 0 Å². The van der Waals surface area contributed by atoms with Crippen LogP contribution in [0, 0.1) is 0 Å². The Kier molecular flexibility index (Phi) is 14.9.